The van der Waals surface area contributed by atoms with E-state index < -0.39 is 25.4 Å². The molecule has 8 nitrogen and oxygen atoms in total. The number of aromatic nitrogens is 3. The molecule has 0 aliphatic carbocycles. The number of aromatic amines is 2. The molecule has 0 amide bonds. The quantitative estimate of drug-likeness (QED) is 0.303. The summed E-state index contributed by atoms with van der Waals surface area (Å²) in [7, 11) is 0. The number of fused-ring (bicyclic) bond motifs is 1. The highest BCUT2D eigenvalue weighted by atomic mass is 79.9. The molecule has 6 N–H and O–H groups in total. The Morgan fingerprint density at radius 3 is 2.26 bits per heavy atom. The number of hydrogen-bond donors (Lipinski definition) is 6. The van der Waals surface area contributed by atoms with Crippen molar-refractivity contribution >= 4 is 61.5 Å². The topological polar surface area (TPSA) is 134 Å². The zero-order valence-corrected chi connectivity index (χ0v) is 16.6. The lowest BCUT2D eigenvalue weighted by Crippen LogP contribution is -2.54. The summed E-state index contributed by atoms with van der Waals surface area (Å²) in [6.45, 7) is -0.971. The third-order valence-corrected chi connectivity index (χ3v) is 3.11. The van der Waals surface area contributed by atoms with Crippen LogP contribution in [0.2, 0.25) is 0 Å². The molecule has 0 radical (unpaired) electrons. The zero-order chi connectivity index (χ0) is 17.5. The first-order valence-electron chi connectivity index (χ1n) is 6.42. The molecule has 0 aliphatic rings. The van der Waals surface area contributed by atoms with Crippen LogP contribution in [0.3, 0.4) is 0 Å². The molecular weight excluding hydrogens is 503 g/mol. The van der Waals surface area contributed by atoms with E-state index in [0.29, 0.717) is 16.6 Å². The number of hydrogen-bond acceptors (Lipinski definition) is 6. The van der Waals surface area contributed by atoms with E-state index in [1.165, 1.54) is 6.33 Å². The molecule has 0 saturated heterocycles. The van der Waals surface area contributed by atoms with Gasteiger partial charge in [0.2, 0.25) is 0 Å². The molecule has 0 fully saturated rings. The Balaban J connectivity index is 0.000000593. The van der Waals surface area contributed by atoms with Crippen LogP contribution in [0, 0.1) is 0 Å². The van der Waals surface area contributed by atoms with E-state index in [2.05, 4.69) is 67.5 Å². The largest absolute Gasteiger partial charge is 0.394 e. The monoisotopic (exact) mass is 516 g/mol. The molecule has 23 heavy (non-hydrogen) atoms. The Kier molecular flexibility index (Phi) is 8.97. The molecule has 128 valence electrons. The van der Waals surface area contributed by atoms with Crippen LogP contribution < -0.4 is 10.9 Å². The number of nitrogens with one attached hydrogen (secondary N) is 3. The zero-order valence-electron chi connectivity index (χ0n) is 11.9. The van der Waals surface area contributed by atoms with Gasteiger partial charge in [0.25, 0.3) is 5.56 Å². The van der Waals surface area contributed by atoms with Gasteiger partial charge in [-0.05, 0) is 0 Å². The van der Waals surface area contributed by atoms with Gasteiger partial charge in [-0.1, -0.05) is 0 Å². The summed E-state index contributed by atoms with van der Waals surface area (Å²) >= 11 is 9.31. The molecule has 0 aromatic carbocycles. The molecule has 12 heteroatoms. The number of rotatable bonds is 6. The fourth-order valence-electron chi connectivity index (χ4n) is 1.74. The maximum absolute atomic E-state index is 11.5. The highest BCUT2D eigenvalue weighted by Crippen LogP contribution is 2.13. The fraction of sp³-hybridized carbons (Fsp3) is 0.455. The van der Waals surface area contributed by atoms with Crippen LogP contribution >= 0.6 is 47.3 Å². The second kappa shape index (κ2) is 9.92. The van der Waals surface area contributed by atoms with Gasteiger partial charge in [-0.15, -0.1) is 47.3 Å². The van der Waals surface area contributed by atoms with Crippen LogP contribution in [-0.4, -0.2) is 58.8 Å². The Labute approximate surface area is 157 Å². The number of aliphatic hydroxyl groups is 3. The molecule has 0 unspecified atom stereocenters. The van der Waals surface area contributed by atoms with Gasteiger partial charge in [0.15, 0.2) is 0 Å². The highest BCUT2D eigenvalue weighted by Gasteiger charge is 2.27. The smallest absolute Gasteiger partial charge is 0.369 e. The van der Waals surface area contributed by atoms with Crippen LogP contribution in [0.15, 0.2) is 17.3 Å². The summed E-state index contributed by atoms with van der Waals surface area (Å²) in [6, 6.07) is 0. The second-order valence-electron chi connectivity index (χ2n) is 4.62. The van der Waals surface area contributed by atoms with E-state index in [4.69, 9.17) is 0 Å². The number of H-pyrrole nitrogens is 2. The van der Waals surface area contributed by atoms with E-state index in [0.717, 1.165) is 0 Å². The van der Waals surface area contributed by atoms with Crippen LogP contribution in [0.4, 0.5) is 0 Å². The van der Waals surface area contributed by atoms with Crippen molar-refractivity contribution < 1.29 is 15.3 Å². The molecule has 0 bridgehead atoms. The van der Waals surface area contributed by atoms with Gasteiger partial charge < -0.3 is 30.6 Å². The lowest BCUT2D eigenvalue weighted by Gasteiger charge is -2.28. The van der Waals surface area contributed by atoms with Gasteiger partial charge >= 0.3 is 3.18 Å². The van der Waals surface area contributed by atoms with E-state index in [1.54, 1.807) is 6.20 Å². The maximum Gasteiger partial charge on any atom is 0.369 e. The minimum atomic E-state index is -1.16. The van der Waals surface area contributed by atoms with Crippen molar-refractivity contribution in [1.82, 2.24) is 20.3 Å². The minimum absolute atomic E-state index is 0.248. The maximum atomic E-state index is 11.5. The Morgan fingerprint density at radius 2 is 1.74 bits per heavy atom. The predicted octanol–water partition coefficient (Wildman–Crippen LogP) is 0.212. The average molecular weight is 519 g/mol. The standard InChI is InChI=1S/C11H16N4O4.BBr3/c16-3-11(4-17,5-18)15-2-7-1-12-9-8(7)13-6-14-10(9)19;2-1(3)4/h1,6,12,15-18H,2-5H2,(H,13,14,19);. The van der Waals surface area contributed by atoms with Crippen molar-refractivity contribution in [2.45, 2.75) is 12.1 Å². The molecule has 0 spiro atoms. The molecule has 2 rings (SSSR count). The van der Waals surface area contributed by atoms with Crippen LogP contribution in [0.25, 0.3) is 11.0 Å². The van der Waals surface area contributed by atoms with E-state index in [1.807, 2.05) is 0 Å². The van der Waals surface area contributed by atoms with Crippen LogP contribution in [0.1, 0.15) is 5.56 Å². The average Bonchev–Trinajstić information content (AvgIpc) is 2.93. The summed E-state index contributed by atoms with van der Waals surface area (Å²) in [6.07, 6.45) is 2.93. The SMILES string of the molecule is BrB(Br)Br.O=c1[nH]cnc2c(CNC(CO)(CO)CO)c[nH]c12. The third kappa shape index (κ3) is 5.96. The summed E-state index contributed by atoms with van der Waals surface area (Å²) in [5.41, 5.74) is 0.154. The van der Waals surface area contributed by atoms with Crippen molar-refractivity contribution in [3.8, 4) is 0 Å². The minimum Gasteiger partial charge on any atom is -0.394 e. The lowest BCUT2D eigenvalue weighted by atomic mass is 10.0. The first-order valence-corrected chi connectivity index (χ1v) is 9.17. The number of aliphatic hydroxyl groups excluding tert-OH is 3. The predicted molar refractivity (Wildman–Crippen MR) is 100 cm³/mol. The van der Waals surface area contributed by atoms with E-state index in [-0.39, 0.29) is 15.3 Å². The van der Waals surface area contributed by atoms with Gasteiger partial charge in [0.1, 0.15) is 5.52 Å². The van der Waals surface area contributed by atoms with Crippen molar-refractivity contribution in [3.05, 3.63) is 28.4 Å². The van der Waals surface area contributed by atoms with Crippen molar-refractivity contribution in [3.63, 3.8) is 0 Å². The van der Waals surface area contributed by atoms with Gasteiger partial charge in [-0.2, -0.15) is 0 Å². The van der Waals surface area contributed by atoms with Gasteiger partial charge in [0.05, 0.1) is 37.2 Å². The summed E-state index contributed by atoms with van der Waals surface area (Å²) in [5.74, 6) is 0. The van der Waals surface area contributed by atoms with Gasteiger partial charge in [-0.25, -0.2) is 4.98 Å². The first-order chi connectivity index (χ1) is 10.9. The summed E-state index contributed by atoms with van der Waals surface area (Å²) < 4.78 is 0.271. The Morgan fingerprint density at radius 1 is 1.17 bits per heavy atom. The van der Waals surface area contributed by atoms with E-state index in [9.17, 15) is 20.1 Å². The number of nitrogens with zero attached hydrogens (tertiary/aromatic N) is 1. The normalized spacial score (nSPS) is 11.2. The molecule has 2 aromatic rings. The number of halogens is 3. The third-order valence-electron chi connectivity index (χ3n) is 3.11. The molecule has 0 atom stereocenters. The van der Waals surface area contributed by atoms with Crippen molar-refractivity contribution in [1.29, 1.82) is 0 Å². The summed E-state index contributed by atoms with van der Waals surface area (Å²) in [4.78, 5) is 20.8. The van der Waals surface area contributed by atoms with Crippen LogP contribution in [-0.2, 0) is 6.54 Å². The highest BCUT2D eigenvalue weighted by molar-refractivity contribution is 9.69. The summed E-state index contributed by atoms with van der Waals surface area (Å²) in [5, 5.41) is 30.5. The van der Waals surface area contributed by atoms with Crippen LogP contribution in [0.5, 0.6) is 0 Å². The van der Waals surface area contributed by atoms with Crippen molar-refractivity contribution in [2.75, 3.05) is 19.8 Å². The van der Waals surface area contributed by atoms with E-state index >= 15 is 0 Å². The molecule has 0 saturated carbocycles. The van der Waals surface area contributed by atoms with Gasteiger partial charge in [-0.3, -0.25) is 4.79 Å². The fourth-order valence-corrected chi connectivity index (χ4v) is 1.74. The molecule has 0 aliphatic heterocycles. The first kappa shape index (κ1) is 20.8. The molecule has 2 heterocycles. The molecular formula is C11H16BBr3N4O4. The van der Waals surface area contributed by atoms with Crippen molar-refractivity contribution in [2.24, 2.45) is 0 Å². The Hall–Kier alpha value is -0.235. The Bertz CT molecular complexity index is 651. The van der Waals surface area contributed by atoms with Gasteiger partial charge in [0, 0.05) is 18.3 Å². The lowest BCUT2D eigenvalue weighted by molar-refractivity contribution is 0.0414. The second-order valence-corrected chi connectivity index (χ2v) is 11.1. The molecule has 2 aromatic heterocycles.